The van der Waals surface area contributed by atoms with Gasteiger partial charge in [-0.3, -0.25) is 9.59 Å². The Kier molecular flexibility index (Phi) is 5.64. The van der Waals surface area contributed by atoms with Gasteiger partial charge < -0.3 is 9.80 Å². The zero-order valence-corrected chi connectivity index (χ0v) is 15.8. The van der Waals surface area contributed by atoms with E-state index in [-0.39, 0.29) is 29.1 Å². The smallest absolute Gasteiger partial charge is 0.222 e. The van der Waals surface area contributed by atoms with Crippen LogP contribution in [0.3, 0.4) is 0 Å². The van der Waals surface area contributed by atoms with Crippen molar-refractivity contribution in [1.82, 2.24) is 9.80 Å². The molecule has 26 heavy (non-hydrogen) atoms. The lowest BCUT2D eigenvalue weighted by Crippen LogP contribution is -2.54. The predicted octanol–water partition coefficient (Wildman–Crippen LogP) is 3.40. The molecule has 0 aliphatic carbocycles. The second-order valence-electron chi connectivity index (χ2n) is 8.09. The molecule has 3 rings (SSSR count). The van der Waals surface area contributed by atoms with Crippen molar-refractivity contribution in [2.45, 2.75) is 58.4 Å². The van der Waals surface area contributed by atoms with Crippen molar-refractivity contribution in [1.29, 1.82) is 0 Å². The minimum absolute atomic E-state index is 0.107. The second kappa shape index (κ2) is 7.77. The first-order chi connectivity index (χ1) is 12.4. The number of hydrogen-bond donors (Lipinski definition) is 0. The fraction of sp³-hybridized carbons (Fsp3) is 0.619. The zero-order chi connectivity index (χ0) is 18.7. The number of rotatable bonds is 4. The summed E-state index contributed by atoms with van der Waals surface area (Å²) in [5.41, 5.74) is 0.772. The summed E-state index contributed by atoms with van der Waals surface area (Å²) in [5, 5.41) is 0. The lowest BCUT2D eigenvalue weighted by Gasteiger charge is -2.48. The van der Waals surface area contributed by atoms with Gasteiger partial charge in [0.15, 0.2) is 0 Å². The van der Waals surface area contributed by atoms with Crippen molar-refractivity contribution < 1.29 is 14.0 Å². The van der Waals surface area contributed by atoms with Crippen LogP contribution in [0.2, 0.25) is 0 Å². The highest BCUT2D eigenvalue weighted by Gasteiger charge is 2.42. The van der Waals surface area contributed by atoms with Crippen molar-refractivity contribution in [3.63, 3.8) is 0 Å². The maximum absolute atomic E-state index is 13.7. The normalized spacial score (nSPS) is 20.1. The minimum atomic E-state index is -0.237. The highest BCUT2D eigenvalue weighted by molar-refractivity contribution is 5.78. The quantitative estimate of drug-likeness (QED) is 0.826. The predicted molar refractivity (Wildman–Crippen MR) is 99.1 cm³/mol. The van der Waals surface area contributed by atoms with E-state index in [2.05, 4.69) is 13.8 Å². The van der Waals surface area contributed by atoms with E-state index in [1.807, 2.05) is 9.80 Å². The fourth-order valence-electron chi connectivity index (χ4n) is 4.25. The molecular formula is C21H29FN2O2. The van der Waals surface area contributed by atoms with Gasteiger partial charge in [-0.25, -0.2) is 4.39 Å². The molecule has 0 atom stereocenters. The van der Waals surface area contributed by atoms with Crippen LogP contribution in [0.25, 0.3) is 0 Å². The van der Waals surface area contributed by atoms with Gasteiger partial charge in [0.25, 0.3) is 0 Å². The maximum Gasteiger partial charge on any atom is 0.222 e. The molecule has 2 aliphatic heterocycles. The molecule has 1 aromatic rings. The molecule has 0 N–H and O–H groups in total. The summed E-state index contributed by atoms with van der Waals surface area (Å²) < 4.78 is 13.7. The Hall–Kier alpha value is -1.91. The van der Waals surface area contributed by atoms with Crippen LogP contribution in [0.15, 0.2) is 24.3 Å². The van der Waals surface area contributed by atoms with E-state index in [1.165, 1.54) is 6.07 Å². The fourth-order valence-corrected chi connectivity index (χ4v) is 4.25. The van der Waals surface area contributed by atoms with Crippen LogP contribution in [0.5, 0.6) is 0 Å². The number of halogens is 1. The van der Waals surface area contributed by atoms with Gasteiger partial charge in [-0.15, -0.1) is 0 Å². The second-order valence-corrected chi connectivity index (χ2v) is 8.09. The Morgan fingerprint density at radius 1 is 1.19 bits per heavy atom. The topological polar surface area (TPSA) is 40.6 Å². The van der Waals surface area contributed by atoms with E-state index < -0.39 is 0 Å². The number of piperidine rings is 2. The summed E-state index contributed by atoms with van der Waals surface area (Å²) in [6.45, 7) is 6.45. The molecule has 2 fully saturated rings. The number of carbonyl (C=O) groups excluding carboxylic acids is 2. The van der Waals surface area contributed by atoms with Crippen LogP contribution in [0.4, 0.5) is 4.39 Å². The number of carbonyl (C=O) groups is 2. The Balaban J connectivity index is 1.52. The molecule has 0 saturated carbocycles. The largest absolute Gasteiger partial charge is 0.343 e. The molecule has 2 saturated heterocycles. The Morgan fingerprint density at radius 3 is 2.54 bits per heavy atom. The molecule has 5 heteroatoms. The standard InChI is InChI=1S/C21H29FN2O2/c1-16(2)24-15-21(10-9-20(24)26)11-13-23(14-12-21)19(25)8-7-17-5-3-4-6-18(17)22/h3-6,16H,7-15H2,1-2H3. The van der Waals surface area contributed by atoms with Gasteiger partial charge in [0, 0.05) is 38.5 Å². The van der Waals surface area contributed by atoms with Crippen LogP contribution in [-0.2, 0) is 16.0 Å². The lowest BCUT2D eigenvalue weighted by molar-refractivity contribution is -0.144. The van der Waals surface area contributed by atoms with E-state index in [9.17, 15) is 14.0 Å². The first kappa shape index (κ1) is 18.9. The Labute approximate surface area is 155 Å². The molecule has 2 amide bonds. The average Bonchev–Trinajstić information content (AvgIpc) is 2.63. The van der Waals surface area contributed by atoms with Gasteiger partial charge in [0.05, 0.1) is 0 Å². The summed E-state index contributed by atoms with van der Waals surface area (Å²) in [5.74, 6) is 0.128. The van der Waals surface area contributed by atoms with Gasteiger partial charge in [-0.1, -0.05) is 18.2 Å². The van der Waals surface area contributed by atoms with Crippen molar-refractivity contribution in [3.05, 3.63) is 35.6 Å². The van der Waals surface area contributed by atoms with Crippen molar-refractivity contribution in [3.8, 4) is 0 Å². The Morgan fingerprint density at radius 2 is 1.88 bits per heavy atom. The molecule has 0 aromatic heterocycles. The summed E-state index contributed by atoms with van der Waals surface area (Å²) in [4.78, 5) is 28.5. The van der Waals surface area contributed by atoms with Gasteiger partial charge in [0.1, 0.15) is 5.82 Å². The van der Waals surface area contributed by atoms with E-state index >= 15 is 0 Å². The molecule has 1 spiro atoms. The number of aryl methyl sites for hydroxylation is 1. The number of nitrogens with zero attached hydrogens (tertiary/aromatic N) is 2. The lowest BCUT2D eigenvalue weighted by atomic mass is 9.72. The van der Waals surface area contributed by atoms with Gasteiger partial charge in [-0.05, 0) is 56.6 Å². The highest BCUT2D eigenvalue weighted by atomic mass is 19.1. The number of likely N-dealkylation sites (tertiary alicyclic amines) is 2. The van der Waals surface area contributed by atoms with Crippen LogP contribution in [0.1, 0.15) is 51.5 Å². The molecule has 2 aliphatic rings. The van der Waals surface area contributed by atoms with E-state index in [0.717, 1.165) is 38.9 Å². The SMILES string of the molecule is CC(C)N1CC2(CCC1=O)CCN(C(=O)CCc1ccccc1F)CC2. The van der Waals surface area contributed by atoms with Crippen molar-refractivity contribution in [2.75, 3.05) is 19.6 Å². The molecule has 0 unspecified atom stereocenters. The van der Waals surface area contributed by atoms with E-state index in [4.69, 9.17) is 0 Å². The summed E-state index contributed by atoms with van der Waals surface area (Å²) >= 11 is 0. The zero-order valence-electron chi connectivity index (χ0n) is 15.8. The summed E-state index contributed by atoms with van der Waals surface area (Å²) in [6, 6.07) is 6.89. The molecule has 1 aromatic carbocycles. The first-order valence-corrected chi connectivity index (χ1v) is 9.71. The van der Waals surface area contributed by atoms with Gasteiger partial charge in [0.2, 0.25) is 11.8 Å². The molecule has 142 valence electrons. The number of hydrogen-bond acceptors (Lipinski definition) is 2. The minimum Gasteiger partial charge on any atom is -0.343 e. The van der Waals surface area contributed by atoms with Crippen LogP contribution < -0.4 is 0 Å². The molecule has 0 bridgehead atoms. The maximum atomic E-state index is 13.7. The van der Waals surface area contributed by atoms with Gasteiger partial charge >= 0.3 is 0 Å². The number of benzene rings is 1. The van der Waals surface area contributed by atoms with Gasteiger partial charge in [-0.2, -0.15) is 0 Å². The Bertz CT molecular complexity index is 666. The van der Waals surface area contributed by atoms with Crippen molar-refractivity contribution >= 4 is 11.8 Å². The van der Waals surface area contributed by atoms with Crippen LogP contribution >= 0.6 is 0 Å². The molecule has 4 nitrogen and oxygen atoms in total. The molecule has 2 heterocycles. The third-order valence-corrected chi connectivity index (χ3v) is 6.06. The summed E-state index contributed by atoms with van der Waals surface area (Å²) in [7, 11) is 0. The van der Waals surface area contributed by atoms with Crippen LogP contribution in [0, 0.1) is 11.2 Å². The average molecular weight is 360 g/mol. The van der Waals surface area contributed by atoms with Crippen molar-refractivity contribution in [2.24, 2.45) is 5.41 Å². The third kappa shape index (κ3) is 4.08. The van der Waals surface area contributed by atoms with E-state index in [1.54, 1.807) is 18.2 Å². The van der Waals surface area contributed by atoms with E-state index in [0.29, 0.717) is 24.8 Å². The highest BCUT2D eigenvalue weighted by Crippen LogP contribution is 2.40. The van der Waals surface area contributed by atoms with Crippen LogP contribution in [-0.4, -0.2) is 47.3 Å². The number of amides is 2. The first-order valence-electron chi connectivity index (χ1n) is 9.71. The monoisotopic (exact) mass is 360 g/mol. The third-order valence-electron chi connectivity index (χ3n) is 6.06. The molecule has 0 radical (unpaired) electrons. The molecular weight excluding hydrogens is 331 g/mol. The summed E-state index contributed by atoms with van der Waals surface area (Å²) in [6.07, 6.45) is 4.27.